The first-order chi connectivity index (χ1) is 24.7. The van der Waals surface area contributed by atoms with E-state index in [4.69, 9.17) is 11.5 Å². The Hall–Kier alpha value is -4.82. The molecule has 284 valence electrons. The molecule has 0 unspecified atom stereocenters. The fourth-order valence-electron chi connectivity index (χ4n) is 6.10. The molecule has 1 fully saturated rings. The number of piperidine rings is 1. The molecule has 2 aromatic carbocycles. The molecule has 0 spiro atoms. The zero-order valence-corrected chi connectivity index (χ0v) is 30.4. The molecule has 52 heavy (non-hydrogen) atoms. The predicted molar refractivity (Wildman–Crippen MR) is 196 cm³/mol. The van der Waals surface area contributed by atoms with Gasteiger partial charge in [-0.2, -0.15) is 0 Å². The lowest BCUT2D eigenvalue weighted by atomic mass is 9.88. The van der Waals surface area contributed by atoms with Gasteiger partial charge in [0.15, 0.2) is 0 Å². The number of hydrogen-bond acceptors (Lipinski definition) is 8. The first-order valence-corrected chi connectivity index (χ1v) is 18.0. The molecule has 4 atom stereocenters. The number of aliphatic carboxylic acids is 1. The van der Waals surface area contributed by atoms with Crippen LogP contribution in [0.25, 0.3) is 0 Å². The molecule has 0 bridgehead atoms. The Morgan fingerprint density at radius 1 is 0.769 bits per heavy atom. The van der Waals surface area contributed by atoms with Crippen LogP contribution in [0, 0.1) is 5.92 Å². The summed E-state index contributed by atoms with van der Waals surface area (Å²) in [6, 6.07) is 14.5. The third-order valence-electron chi connectivity index (χ3n) is 9.19. The van der Waals surface area contributed by atoms with Crippen LogP contribution in [0.4, 0.5) is 0 Å². The molecular weight excluding hydrogens is 666 g/mol. The van der Waals surface area contributed by atoms with Crippen LogP contribution in [0.5, 0.6) is 0 Å². The maximum absolute atomic E-state index is 13.9. The number of carboxylic acids is 1. The van der Waals surface area contributed by atoms with Crippen molar-refractivity contribution in [3.8, 4) is 0 Å². The van der Waals surface area contributed by atoms with E-state index in [1.54, 1.807) is 0 Å². The lowest BCUT2D eigenvalue weighted by Gasteiger charge is -2.38. The number of carbonyl (C=O) groups excluding carboxylic acids is 5. The number of nitrogens with two attached hydrogens (primary N) is 2. The summed E-state index contributed by atoms with van der Waals surface area (Å²) in [7, 11) is 0. The van der Waals surface area contributed by atoms with Crippen molar-refractivity contribution in [3.05, 3.63) is 71.8 Å². The van der Waals surface area contributed by atoms with Crippen molar-refractivity contribution in [2.24, 2.45) is 17.4 Å². The zero-order valence-electron chi connectivity index (χ0n) is 30.4. The molecule has 0 saturated carbocycles. The van der Waals surface area contributed by atoms with E-state index in [2.05, 4.69) is 21.3 Å². The maximum atomic E-state index is 13.9. The Morgan fingerprint density at radius 3 is 1.83 bits per heavy atom. The predicted octanol–water partition coefficient (Wildman–Crippen LogP) is 1.01. The molecule has 0 aromatic heterocycles. The molecule has 3 rings (SSSR count). The van der Waals surface area contributed by atoms with Crippen LogP contribution >= 0.6 is 0 Å². The normalized spacial score (nSPS) is 16.2. The van der Waals surface area contributed by atoms with Gasteiger partial charge in [0.25, 0.3) is 0 Å². The Morgan fingerprint density at radius 2 is 1.29 bits per heavy atom. The summed E-state index contributed by atoms with van der Waals surface area (Å²) in [5.41, 5.74) is 12.5. The van der Waals surface area contributed by atoms with E-state index >= 15 is 0 Å². The maximum Gasteiger partial charge on any atom is 0.323 e. The average Bonchev–Trinajstić information content (AvgIpc) is 3.10. The lowest BCUT2D eigenvalue weighted by molar-refractivity contribution is -0.148. The summed E-state index contributed by atoms with van der Waals surface area (Å²) in [5, 5.41) is 20.7. The summed E-state index contributed by atoms with van der Waals surface area (Å²) in [5.74, 6) is -3.37. The molecular formula is C38H55N7O7. The Kier molecular flexibility index (Phi) is 16.2. The van der Waals surface area contributed by atoms with Gasteiger partial charge >= 0.3 is 5.97 Å². The van der Waals surface area contributed by atoms with E-state index in [0.717, 1.165) is 11.1 Å². The van der Waals surface area contributed by atoms with E-state index in [-0.39, 0.29) is 69.3 Å². The third kappa shape index (κ3) is 13.4. The number of carboxylic acid groups (broad SMARTS) is 1. The second-order valence-electron chi connectivity index (χ2n) is 14.1. The van der Waals surface area contributed by atoms with Gasteiger partial charge in [0, 0.05) is 33.0 Å². The molecule has 1 aliphatic heterocycles. The van der Waals surface area contributed by atoms with Gasteiger partial charge in [-0.05, 0) is 62.0 Å². The number of rotatable bonds is 19. The second-order valence-corrected chi connectivity index (χ2v) is 14.1. The van der Waals surface area contributed by atoms with Gasteiger partial charge in [-0.15, -0.1) is 0 Å². The minimum absolute atomic E-state index is 0.0277. The molecule has 0 radical (unpaired) electrons. The first-order valence-electron chi connectivity index (χ1n) is 18.0. The summed E-state index contributed by atoms with van der Waals surface area (Å²) in [4.78, 5) is 79.4. The van der Waals surface area contributed by atoms with E-state index in [1.807, 2.05) is 74.5 Å². The molecule has 5 amide bonds. The summed E-state index contributed by atoms with van der Waals surface area (Å²) < 4.78 is 0. The van der Waals surface area contributed by atoms with E-state index in [9.17, 15) is 33.9 Å². The number of amides is 5. The topological polar surface area (TPSA) is 226 Å². The van der Waals surface area contributed by atoms with Gasteiger partial charge in [0.2, 0.25) is 29.5 Å². The highest BCUT2D eigenvalue weighted by atomic mass is 16.4. The molecule has 9 N–H and O–H groups in total. The molecule has 2 aromatic rings. The van der Waals surface area contributed by atoms with Crippen LogP contribution in [-0.2, 0) is 41.6 Å². The highest BCUT2D eigenvalue weighted by Gasteiger charge is 2.40. The van der Waals surface area contributed by atoms with E-state index in [0.29, 0.717) is 19.4 Å². The monoisotopic (exact) mass is 721 g/mol. The number of unbranched alkanes of at least 4 members (excludes halogenated alkanes) is 1. The SMILES string of the molecule is CC(=O)NCCCC[C@@H](NC(=O)[C@@H](CC(C)C)NC(=O)[C@@H](Cc1ccccc1)NC(=O)[C@H](N)Cc1ccccc1)C(=O)N1CCC(N)(C(=O)O)CC1. The number of hydrogen-bond donors (Lipinski definition) is 7. The molecule has 1 saturated heterocycles. The van der Waals surface area contributed by atoms with E-state index < -0.39 is 53.4 Å². The number of likely N-dealkylation sites (tertiary alicyclic amines) is 1. The molecule has 14 heteroatoms. The zero-order chi connectivity index (χ0) is 38.3. The van der Waals surface area contributed by atoms with Gasteiger partial charge in [0.1, 0.15) is 23.7 Å². The lowest BCUT2D eigenvalue weighted by Crippen LogP contribution is -2.60. The van der Waals surface area contributed by atoms with Crippen LogP contribution in [0.15, 0.2) is 60.7 Å². The van der Waals surface area contributed by atoms with Gasteiger partial charge < -0.3 is 42.7 Å². The number of nitrogens with zero attached hydrogens (tertiary/aromatic N) is 1. The van der Waals surface area contributed by atoms with Crippen LogP contribution in [0.3, 0.4) is 0 Å². The Labute approximate surface area is 305 Å². The molecule has 0 aliphatic carbocycles. The average molecular weight is 722 g/mol. The number of nitrogens with one attached hydrogen (secondary N) is 4. The highest BCUT2D eigenvalue weighted by molar-refractivity contribution is 5.95. The third-order valence-corrected chi connectivity index (χ3v) is 9.19. The van der Waals surface area contributed by atoms with Crippen molar-refractivity contribution in [2.45, 2.75) is 102 Å². The summed E-state index contributed by atoms with van der Waals surface area (Å²) >= 11 is 0. The second kappa shape index (κ2) is 20.3. The smallest absolute Gasteiger partial charge is 0.323 e. The minimum Gasteiger partial charge on any atom is -0.480 e. The molecule has 1 aliphatic rings. The van der Waals surface area contributed by atoms with Crippen molar-refractivity contribution in [1.29, 1.82) is 0 Å². The first kappa shape index (κ1) is 41.6. The number of benzene rings is 2. The molecule has 14 nitrogen and oxygen atoms in total. The van der Waals surface area contributed by atoms with Gasteiger partial charge in [0.05, 0.1) is 6.04 Å². The van der Waals surface area contributed by atoms with E-state index in [1.165, 1.54) is 11.8 Å². The Balaban J connectivity index is 1.78. The number of carbonyl (C=O) groups is 6. The van der Waals surface area contributed by atoms with Crippen LogP contribution in [0.2, 0.25) is 0 Å². The fraction of sp³-hybridized carbons (Fsp3) is 0.526. The quantitative estimate of drug-likeness (QED) is 0.103. The summed E-state index contributed by atoms with van der Waals surface area (Å²) in [6.45, 7) is 5.84. The van der Waals surface area contributed by atoms with Gasteiger partial charge in [-0.25, -0.2) is 0 Å². The van der Waals surface area contributed by atoms with Crippen LogP contribution in [-0.4, -0.2) is 94.9 Å². The molecule has 1 heterocycles. The van der Waals surface area contributed by atoms with Crippen molar-refractivity contribution >= 4 is 35.5 Å². The van der Waals surface area contributed by atoms with Crippen molar-refractivity contribution in [2.75, 3.05) is 19.6 Å². The largest absolute Gasteiger partial charge is 0.480 e. The van der Waals surface area contributed by atoms with Gasteiger partial charge in [-0.1, -0.05) is 74.5 Å². The van der Waals surface area contributed by atoms with Crippen molar-refractivity contribution < 1.29 is 33.9 Å². The fourth-order valence-corrected chi connectivity index (χ4v) is 6.10. The standard InChI is InChI=1S/C38H55N7O7/c1-25(2)22-31(34(48)42-30(16-10-11-19-41-26(3)46)36(50)45-20-17-38(40,18-21-45)37(51)52)44-35(49)32(24-28-14-8-5-9-15-28)43-33(47)29(39)23-27-12-6-4-7-13-27/h4-9,12-15,25,29-32H,10-11,16-24,39-40H2,1-3H3,(H,41,46)(H,42,48)(H,43,47)(H,44,49)(H,51,52)/t29-,30-,31-,32-/m1/s1. The van der Waals surface area contributed by atoms with Crippen molar-refractivity contribution in [1.82, 2.24) is 26.2 Å². The minimum atomic E-state index is -1.43. The van der Waals surface area contributed by atoms with Crippen LogP contribution in [0.1, 0.15) is 70.4 Å². The van der Waals surface area contributed by atoms with Crippen molar-refractivity contribution in [3.63, 3.8) is 0 Å². The summed E-state index contributed by atoms with van der Waals surface area (Å²) in [6.07, 6.45) is 2.10. The van der Waals surface area contributed by atoms with Gasteiger partial charge in [-0.3, -0.25) is 28.8 Å². The van der Waals surface area contributed by atoms with Crippen LogP contribution < -0.4 is 32.7 Å². The highest BCUT2D eigenvalue weighted by Crippen LogP contribution is 2.21. The Bertz CT molecular complexity index is 1500.